The summed E-state index contributed by atoms with van der Waals surface area (Å²) < 4.78 is 0. The maximum atomic E-state index is 12.5. The van der Waals surface area contributed by atoms with E-state index in [1.807, 2.05) is 32.3 Å². The lowest BCUT2D eigenvalue weighted by molar-refractivity contribution is 0.0951. The quantitative estimate of drug-likeness (QED) is 0.447. The van der Waals surface area contributed by atoms with Crippen LogP contribution in [0.4, 0.5) is 5.69 Å². The molecule has 4 rings (SSSR count). The van der Waals surface area contributed by atoms with Gasteiger partial charge in [0.25, 0.3) is 5.91 Å². The molecule has 5 nitrogen and oxygen atoms in total. The monoisotopic (exact) mass is 434 g/mol. The van der Waals surface area contributed by atoms with Crippen LogP contribution in [0.15, 0.2) is 42.0 Å². The third-order valence-corrected chi connectivity index (χ3v) is 7.12. The average molecular weight is 435 g/mol. The van der Waals surface area contributed by atoms with Gasteiger partial charge in [0.2, 0.25) is 0 Å². The van der Waals surface area contributed by atoms with Crippen LogP contribution in [0.3, 0.4) is 0 Å². The number of nitrogen functional groups attached to an aromatic ring is 1. The standard InChI is InChI=1S/C27H34N4O.2H2/c1-27(20-11-8-18(9-12-20)26(32)30-14-15-31(2)3)16-19-10-13-24(29)22(17-28)25(19)21-6-4-5-7-23(21)27;;/h8-13,17,28H,4-7,14-16,29H2,1-3H3,(H,30,32);2*1H. The minimum atomic E-state index is -0.113. The number of benzene rings is 2. The number of allylic oxidation sites excluding steroid dienone is 2. The Kier molecular flexibility index (Phi) is 6.20. The molecule has 0 spiro atoms. The number of carbonyl (C=O) groups is 1. The average Bonchev–Trinajstić information content (AvgIpc) is 2.79. The van der Waals surface area contributed by atoms with E-state index in [-0.39, 0.29) is 14.2 Å². The molecule has 0 bridgehead atoms. The van der Waals surface area contributed by atoms with Crippen LogP contribution < -0.4 is 11.1 Å². The minimum absolute atomic E-state index is 0. The van der Waals surface area contributed by atoms with Gasteiger partial charge in [0, 0.05) is 44.4 Å². The van der Waals surface area contributed by atoms with E-state index in [1.54, 1.807) is 0 Å². The van der Waals surface area contributed by atoms with Crippen LogP contribution in [0.5, 0.6) is 0 Å². The molecule has 2 aliphatic rings. The van der Waals surface area contributed by atoms with Gasteiger partial charge >= 0.3 is 0 Å². The predicted molar refractivity (Wildman–Crippen MR) is 137 cm³/mol. The number of nitrogens with two attached hydrogens (primary N) is 1. The Morgan fingerprint density at radius 3 is 2.59 bits per heavy atom. The highest BCUT2D eigenvalue weighted by molar-refractivity contribution is 5.96. The number of nitrogens with zero attached hydrogens (tertiary/aromatic N) is 1. The number of hydrogen-bond donors (Lipinski definition) is 3. The van der Waals surface area contributed by atoms with E-state index in [0.717, 1.165) is 31.4 Å². The lowest BCUT2D eigenvalue weighted by Crippen LogP contribution is -2.34. The molecule has 1 unspecified atom stereocenters. The summed E-state index contributed by atoms with van der Waals surface area (Å²) in [5.74, 6) is -0.0267. The minimum Gasteiger partial charge on any atom is -0.398 e. The van der Waals surface area contributed by atoms with Crippen molar-refractivity contribution in [1.29, 1.82) is 5.41 Å². The van der Waals surface area contributed by atoms with E-state index in [4.69, 9.17) is 11.1 Å². The van der Waals surface area contributed by atoms with E-state index in [1.165, 1.54) is 46.9 Å². The van der Waals surface area contributed by atoms with E-state index >= 15 is 0 Å². The normalized spacial score (nSPS) is 20.0. The topological polar surface area (TPSA) is 82.2 Å². The van der Waals surface area contributed by atoms with Crippen molar-refractivity contribution in [1.82, 2.24) is 10.2 Å². The zero-order valence-electron chi connectivity index (χ0n) is 19.4. The molecule has 0 aliphatic heterocycles. The van der Waals surface area contributed by atoms with Gasteiger partial charge in [-0.3, -0.25) is 4.79 Å². The Bertz CT molecular complexity index is 1080. The highest BCUT2D eigenvalue weighted by Crippen LogP contribution is 2.51. The second-order valence-electron chi connectivity index (χ2n) is 9.56. The molecule has 0 heterocycles. The number of rotatable bonds is 6. The van der Waals surface area contributed by atoms with Gasteiger partial charge in [-0.05, 0) is 86.7 Å². The molecule has 32 heavy (non-hydrogen) atoms. The van der Waals surface area contributed by atoms with Crippen LogP contribution in [-0.2, 0) is 11.8 Å². The molecule has 0 saturated carbocycles. The number of hydrogen-bond acceptors (Lipinski definition) is 4. The Morgan fingerprint density at radius 2 is 1.91 bits per heavy atom. The molecular weight excluding hydrogens is 396 g/mol. The van der Waals surface area contributed by atoms with Crippen LogP contribution in [-0.4, -0.2) is 44.2 Å². The van der Waals surface area contributed by atoms with Crippen LogP contribution in [0.25, 0.3) is 5.57 Å². The number of nitrogens with one attached hydrogen (secondary N) is 2. The first-order valence-corrected chi connectivity index (χ1v) is 11.5. The van der Waals surface area contributed by atoms with E-state index in [0.29, 0.717) is 17.8 Å². The van der Waals surface area contributed by atoms with Gasteiger partial charge in [-0.25, -0.2) is 0 Å². The van der Waals surface area contributed by atoms with Gasteiger partial charge in [-0.2, -0.15) is 0 Å². The predicted octanol–water partition coefficient (Wildman–Crippen LogP) is 4.89. The van der Waals surface area contributed by atoms with Crippen molar-refractivity contribution in [3.8, 4) is 0 Å². The summed E-state index contributed by atoms with van der Waals surface area (Å²) in [6, 6.07) is 12.2. The summed E-state index contributed by atoms with van der Waals surface area (Å²) in [7, 11) is 4.00. The highest BCUT2D eigenvalue weighted by Gasteiger charge is 2.39. The largest absolute Gasteiger partial charge is 0.398 e. The fourth-order valence-electron chi connectivity index (χ4n) is 5.38. The van der Waals surface area contributed by atoms with Crippen LogP contribution in [0, 0.1) is 5.41 Å². The van der Waals surface area contributed by atoms with Crippen molar-refractivity contribution in [2.45, 2.75) is 44.4 Å². The first-order chi connectivity index (χ1) is 15.3. The van der Waals surface area contributed by atoms with Crippen molar-refractivity contribution >= 4 is 23.4 Å². The van der Waals surface area contributed by atoms with E-state index < -0.39 is 0 Å². The zero-order chi connectivity index (χ0) is 22.9. The molecule has 2 aromatic rings. The van der Waals surface area contributed by atoms with Crippen molar-refractivity contribution in [3.05, 3.63) is 69.8 Å². The second kappa shape index (κ2) is 8.91. The van der Waals surface area contributed by atoms with E-state index in [2.05, 4.69) is 35.3 Å². The summed E-state index contributed by atoms with van der Waals surface area (Å²) in [6.45, 7) is 3.79. The van der Waals surface area contributed by atoms with Crippen molar-refractivity contribution in [2.75, 3.05) is 32.9 Å². The van der Waals surface area contributed by atoms with Gasteiger partial charge in [0.05, 0.1) is 0 Å². The lowest BCUT2D eigenvalue weighted by atomic mass is 9.61. The molecule has 0 fully saturated rings. The molecule has 1 amide bonds. The van der Waals surface area contributed by atoms with Gasteiger partial charge in [0.15, 0.2) is 0 Å². The fourth-order valence-corrected chi connectivity index (χ4v) is 5.38. The Balaban J connectivity index is 0.00000204. The number of fused-ring (bicyclic) bond motifs is 2. The van der Waals surface area contributed by atoms with Crippen molar-refractivity contribution in [2.24, 2.45) is 0 Å². The smallest absolute Gasteiger partial charge is 0.251 e. The summed E-state index contributed by atoms with van der Waals surface area (Å²) in [5.41, 5.74) is 15.0. The summed E-state index contributed by atoms with van der Waals surface area (Å²) in [5, 5.41) is 11.0. The zero-order valence-corrected chi connectivity index (χ0v) is 19.4. The third-order valence-electron chi connectivity index (χ3n) is 7.12. The van der Waals surface area contributed by atoms with Crippen molar-refractivity contribution in [3.63, 3.8) is 0 Å². The third kappa shape index (κ3) is 3.97. The Hall–Kier alpha value is -2.92. The van der Waals surface area contributed by atoms with Gasteiger partial charge in [-0.1, -0.05) is 30.7 Å². The number of likely N-dealkylation sites (N-methyl/N-ethyl adjacent to an activating group) is 1. The molecule has 1 atom stereocenters. The first kappa shape index (κ1) is 22.3. The molecular formula is C27H38N4O. The molecule has 0 radical (unpaired) electrons. The fraction of sp³-hybridized carbons (Fsp3) is 0.407. The summed E-state index contributed by atoms with van der Waals surface area (Å²) in [6.07, 6.45) is 6.78. The van der Waals surface area contributed by atoms with Gasteiger partial charge < -0.3 is 21.4 Å². The van der Waals surface area contributed by atoms with Crippen molar-refractivity contribution < 1.29 is 7.65 Å². The van der Waals surface area contributed by atoms with Gasteiger partial charge in [-0.15, -0.1) is 0 Å². The Labute approximate surface area is 194 Å². The van der Waals surface area contributed by atoms with E-state index in [9.17, 15) is 4.79 Å². The molecule has 2 aliphatic carbocycles. The Morgan fingerprint density at radius 1 is 1.19 bits per heavy atom. The first-order valence-electron chi connectivity index (χ1n) is 11.5. The maximum Gasteiger partial charge on any atom is 0.251 e. The summed E-state index contributed by atoms with van der Waals surface area (Å²) >= 11 is 0. The molecule has 2 aromatic carbocycles. The molecule has 0 saturated heterocycles. The summed E-state index contributed by atoms with van der Waals surface area (Å²) in [4.78, 5) is 14.6. The molecule has 0 aromatic heterocycles. The van der Waals surface area contributed by atoms with Gasteiger partial charge in [0.1, 0.15) is 0 Å². The lowest BCUT2D eigenvalue weighted by Gasteiger charge is -2.42. The molecule has 5 heteroatoms. The molecule has 172 valence electrons. The number of carbonyl (C=O) groups excluding carboxylic acids is 1. The number of anilines is 1. The number of amides is 1. The second-order valence-corrected chi connectivity index (χ2v) is 9.56. The van der Waals surface area contributed by atoms with Crippen LogP contribution >= 0.6 is 0 Å². The SMILES string of the molecule is CN(C)CCNC(=O)c1ccc(C2(C)Cc3ccc(N)c(C=N)c3C3=C2CCCC3)cc1.[HH].[HH]. The molecule has 4 N–H and O–H groups in total. The maximum absolute atomic E-state index is 12.5. The van der Waals surface area contributed by atoms with Crippen LogP contribution in [0.1, 0.15) is 68.1 Å². The van der Waals surface area contributed by atoms with Crippen LogP contribution in [0.2, 0.25) is 0 Å². The highest BCUT2D eigenvalue weighted by atomic mass is 16.1.